The summed E-state index contributed by atoms with van der Waals surface area (Å²) in [6.07, 6.45) is -2.42. The standard InChI is InChI=1S/C24H23Cl2F5N4O4/c1-22(21(38)39)4-2-13(3-5-22)35-19(24(29,30)31)14(7-33-35)20(37)34(10-12-6-23(12,27)28)11-17(36)18-15(25)8-32-9-16(18)26/h7-9,12-13H,2-6,10-11H2,1H3,(H,38,39)/t12-,13?,22?/m0/s1. The van der Waals surface area contributed by atoms with E-state index in [2.05, 4.69) is 10.1 Å². The summed E-state index contributed by atoms with van der Waals surface area (Å²) in [6.45, 7) is -0.0311. The summed E-state index contributed by atoms with van der Waals surface area (Å²) in [5.74, 6) is -7.69. The Morgan fingerprint density at radius 2 is 1.69 bits per heavy atom. The van der Waals surface area contributed by atoms with Crippen molar-refractivity contribution >= 4 is 40.9 Å². The number of nitrogens with zero attached hydrogens (tertiary/aromatic N) is 4. The van der Waals surface area contributed by atoms with Crippen LogP contribution < -0.4 is 0 Å². The van der Waals surface area contributed by atoms with Crippen LogP contribution in [0.25, 0.3) is 0 Å². The van der Waals surface area contributed by atoms with E-state index in [0.29, 0.717) is 15.8 Å². The molecule has 2 aromatic heterocycles. The van der Waals surface area contributed by atoms with E-state index in [1.165, 1.54) is 6.92 Å². The van der Waals surface area contributed by atoms with E-state index in [9.17, 15) is 41.4 Å². The number of alkyl halides is 5. The minimum Gasteiger partial charge on any atom is -0.481 e. The first-order chi connectivity index (χ1) is 18.0. The molecule has 2 aliphatic rings. The Labute approximate surface area is 229 Å². The number of hydrogen-bond acceptors (Lipinski definition) is 5. The van der Waals surface area contributed by atoms with Crippen molar-refractivity contribution < 1.29 is 41.4 Å². The van der Waals surface area contributed by atoms with E-state index >= 15 is 0 Å². The van der Waals surface area contributed by atoms with Gasteiger partial charge in [-0.15, -0.1) is 0 Å². The molecule has 39 heavy (non-hydrogen) atoms. The Hall–Kier alpha value is -2.80. The molecule has 15 heteroatoms. The maximum Gasteiger partial charge on any atom is 0.433 e. The summed E-state index contributed by atoms with van der Waals surface area (Å²) in [5, 5.41) is 12.9. The monoisotopic (exact) mass is 596 g/mol. The van der Waals surface area contributed by atoms with Crippen LogP contribution in [0.5, 0.6) is 0 Å². The SMILES string of the molecule is CC1(C(=O)O)CCC(n2ncc(C(=O)N(CC(=O)c3c(Cl)cncc3Cl)C[C@@H]3CC3(F)F)c2C(F)(F)F)CC1. The first-order valence-electron chi connectivity index (χ1n) is 11.9. The van der Waals surface area contributed by atoms with Gasteiger partial charge in [-0.25, -0.2) is 8.78 Å². The van der Waals surface area contributed by atoms with Gasteiger partial charge >= 0.3 is 12.1 Å². The second-order valence-electron chi connectivity index (χ2n) is 10.2. The van der Waals surface area contributed by atoms with Crippen LogP contribution in [0, 0.1) is 11.3 Å². The molecular weight excluding hydrogens is 574 g/mol. The molecular formula is C24H23Cl2F5N4O4. The average Bonchev–Trinajstić information content (AvgIpc) is 3.22. The Balaban J connectivity index is 1.66. The minimum absolute atomic E-state index is 0.0662. The summed E-state index contributed by atoms with van der Waals surface area (Å²) < 4.78 is 71.0. The van der Waals surface area contributed by atoms with Gasteiger partial charge in [0.15, 0.2) is 11.5 Å². The summed E-state index contributed by atoms with van der Waals surface area (Å²) in [7, 11) is 0. The molecule has 2 heterocycles. The van der Waals surface area contributed by atoms with Crippen molar-refractivity contribution in [2.75, 3.05) is 13.1 Å². The smallest absolute Gasteiger partial charge is 0.433 e. The highest BCUT2D eigenvalue weighted by atomic mass is 35.5. The molecule has 212 valence electrons. The number of carboxylic acid groups (broad SMARTS) is 1. The predicted octanol–water partition coefficient (Wildman–Crippen LogP) is 5.79. The van der Waals surface area contributed by atoms with Crippen LogP contribution in [0.1, 0.15) is 71.5 Å². The minimum atomic E-state index is -5.06. The van der Waals surface area contributed by atoms with Gasteiger partial charge < -0.3 is 10.0 Å². The fraction of sp³-hybridized carbons (Fsp3) is 0.542. The molecule has 4 rings (SSSR count). The number of hydrogen-bond donors (Lipinski definition) is 1. The van der Waals surface area contributed by atoms with E-state index < -0.39 is 77.9 Å². The quantitative estimate of drug-likeness (QED) is 0.305. The highest BCUT2D eigenvalue weighted by Crippen LogP contribution is 2.49. The normalized spacial score (nSPS) is 24.3. The molecule has 1 atom stereocenters. The third-order valence-corrected chi connectivity index (χ3v) is 7.94. The molecule has 0 aliphatic heterocycles. The topological polar surface area (TPSA) is 105 Å². The number of rotatable bonds is 8. The molecule has 2 fully saturated rings. The van der Waals surface area contributed by atoms with Crippen LogP contribution in [-0.2, 0) is 11.0 Å². The van der Waals surface area contributed by atoms with Crippen LogP contribution in [0.3, 0.4) is 0 Å². The Morgan fingerprint density at radius 3 is 2.18 bits per heavy atom. The molecule has 0 saturated heterocycles. The molecule has 0 spiro atoms. The number of pyridine rings is 1. The summed E-state index contributed by atoms with van der Waals surface area (Å²) >= 11 is 12.0. The van der Waals surface area contributed by atoms with E-state index in [1.54, 1.807) is 0 Å². The van der Waals surface area contributed by atoms with Gasteiger partial charge in [0.05, 0.1) is 45.4 Å². The number of halogens is 7. The van der Waals surface area contributed by atoms with Crippen LogP contribution in [0.15, 0.2) is 18.6 Å². The van der Waals surface area contributed by atoms with Gasteiger partial charge in [0.25, 0.3) is 11.8 Å². The van der Waals surface area contributed by atoms with Crippen LogP contribution in [0.4, 0.5) is 22.0 Å². The number of carbonyl (C=O) groups is 3. The Kier molecular flexibility index (Phi) is 7.71. The number of aliphatic carboxylic acids is 1. The first-order valence-corrected chi connectivity index (χ1v) is 12.7. The van der Waals surface area contributed by atoms with Gasteiger partial charge in [0.1, 0.15) is 0 Å². The summed E-state index contributed by atoms with van der Waals surface area (Å²) in [6, 6.07) is -0.840. The lowest BCUT2D eigenvalue weighted by molar-refractivity contribution is -0.152. The fourth-order valence-electron chi connectivity index (χ4n) is 4.83. The van der Waals surface area contributed by atoms with Crippen molar-refractivity contribution in [3.05, 3.63) is 45.5 Å². The molecule has 0 bridgehead atoms. The zero-order chi connectivity index (χ0) is 28.9. The first kappa shape index (κ1) is 29.2. The molecule has 2 saturated carbocycles. The van der Waals surface area contributed by atoms with Gasteiger partial charge in [-0.05, 0) is 32.6 Å². The molecule has 8 nitrogen and oxygen atoms in total. The largest absolute Gasteiger partial charge is 0.481 e. The molecule has 0 radical (unpaired) electrons. The molecule has 1 amide bonds. The van der Waals surface area contributed by atoms with Crippen molar-refractivity contribution in [3.63, 3.8) is 0 Å². The number of carboxylic acids is 1. The van der Waals surface area contributed by atoms with Gasteiger partial charge in [0.2, 0.25) is 0 Å². The number of carbonyl (C=O) groups excluding carboxylic acids is 2. The highest BCUT2D eigenvalue weighted by Gasteiger charge is 2.58. The predicted molar refractivity (Wildman–Crippen MR) is 128 cm³/mol. The number of aromatic nitrogens is 3. The lowest BCUT2D eigenvalue weighted by atomic mass is 9.74. The van der Waals surface area contributed by atoms with Crippen LogP contribution in [-0.4, -0.2) is 61.4 Å². The third kappa shape index (κ3) is 5.88. The van der Waals surface area contributed by atoms with Gasteiger partial charge in [-0.1, -0.05) is 23.2 Å². The average molecular weight is 597 g/mol. The maximum atomic E-state index is 14.3. The third-order valence-electron chi connectivity index (χ3n) is 7.37. The van der Waals surface area contributed by atoms with Crippen molar-refractivity contribution in [1.82, 2.24) is 19.7 Å². The summed E-state index contributed by atoms with van der Waals surface area (Å²) in [5.41, 5.74) is -3.64. The molecule has 2 aromatic rings. The highest BCUT2D eigenvalue weighted by molar-refractivity contribution is 6.39. The zero-order valence-electron chi connectivity index (χ0n) is 20.4. The number of ketones is 1. The molecule has 1 N–H and O–H groups in total. The van der Waals surface area contributed by atoms with Crippen molar-refractivity contribution in [3.8, 4) is 0 Å². The second kappa shape index (κ2) is 10.3. The summed E-state index contributed by atoms with van der Waals surface area (Å²) in [4.78, 5) is 42.3. The van der Waals surface area contributed by atoms with Gasteiger partial charge in [-0.3, -0.25) is 24.0 Å². The fourth-order valence-corrected chi connectivity index (χ4v) is 5.41. The lowest BCUT2D eigenvalue weighted by Gasteiger charge is -2.34. The van der Waals surface area contributed by atoms with Crippen LogP contribution in [0.2, 0.25) is 10.0 Å². The van der Waals surface area contributed by atoms with Crippen LogP contribution >= 0.6 is 23.2 Å². The molecule has 0 aromatic carbocycles. The van der Waals surface area contributed by atoms with Crippen molar-refractivity contribution in [2.45, 2.75) is 57.2 Å². The lowest BCUT2D eigenvalue weighted by Crippen LogP contribution is -2.39. The van der Waals surface area contributed by atoms with Gasteiger partial charge in [0, 0.05) is 31.3 Å². The van der Waals surface area contributed by atoms with Crippen molar-refractivity contribution in [2.24, 2.45) is 11.3 Å². The van der Waals surface area contributed by atoms with E-state index in [1.807, 2.05) is 0 Å². The number of amides is 1. The van der Waals surface area contributed by atoms with E-state index in [-0.39, 0.29) is 41.3 Å². The number of Topliss-reactive ketones (excluding diaryl/α,β-unsaturated/α-hetero) is 1. The molecule has 2 aliphatic carbocycles. The maximum absolute atomic E-state index is 14.3. The van der Waals surface area contributed by atoms with Crippen molar-refractivity contribution in [1.29, 1.82) is 0 Å². The van der Waals surface area contributed by atoms with Gasteiger partial charge in [-0.2, -0.15) is 18.3 Å². The Bertz CT molecular complexity index is 1290. The van der Waals surface area contributed by atoms with E-state index in [0.717, 1.165) is 12.4 Å². The van der Waals surface area contributed by atoms with E-state index in [4.69, 9.17) is 23.2 Å². The molecule has 0 unspecified atom stereocenters. The Morgan fingerprint density at radius 1 is 1.13 bits per heavy atom. The zero-order valence-corrected chi connectivity index (χ0v) is 22.0. The second-order valence-corrected chi connectivity index (χ2v) is 11.0.